The van der Waals surface area contributed by atoms with E-state index in [1.54, 1.807) is 12.1 Å². The maximum atomic E-state index is 12.7. The highest BCUT2D eigenvalue weighted by molar-refractivity contribution is 5.97. The monoisotopic (exact) mass is 643 g/mol. The van der Waals surface area contributed by atoms with Gasteiger partial charge in [0, 0.05) is 37.4 Å². The molecule has 2 aromatic heterocycles. The first kappa shape index (κ1) is 35.8. The average Bonchev–Trinajstić information content (AvgIpc) is 3.04. The first-order chi connectivity index (χ1) is 22.3. The third kappa shape index (κ3) is 12.7. The van der Waals surface area contributed by atoms with E-state index in [2.05, 4.69) is 35.9 Å². The molecule has 9 N–H and O–H groups in total. The summed E-state index contributed by atoms with van der Waals surface area (Å²) < 4.78 is 16.2. The van der Waals surface area contributed by atoms with Crippen molar-refractivity contribution in [2.45, 2.75) is 38.3 Å². The SMILES string of the molecule is NCCCOCCOCCOCCCNC(=O)CC[C@@H](NC(=O)c1ccc(NCc2cnc3nc(N)[nH]c(=O)c3n2)cc1)C(=O)O. The Hall–Kier alpha value is -4.71. The predicted octanol–water partition coefficient (Wildman–Crippen LogP) is -0.224. The van der Waals surface area contributed by atoms with E-state index < -0.39 is 23.5 Å². The van der Waals surface area contributed by atoms with Gasteiger partial charge in [-0.1, -0.05) is 0 Å². The molecule has 250 valence electrons. The molecule has 17 nitrogen and oxygen atoms in total. The van der Waals surface area contributed by atoms with Crippen molar-refractivity contribution in [2.24, 2.45) is 5.73 Å². The zero-order valence-electron chi connectivity index (χ0n) is 25.5. The van der Waals surface area contributed by atoms with Gasteiger partial charge in [0.05, 0.1) is 44.9 Å². The van der Waals surface area contributed by atoms with Crippen LogP contribution in [-0.2, 0) is 30.3 Å². The number of fused-ring (bicyclic) bond motifs is 1. The Morgan fingerprint density at radius 2 is 1.63 bits per heavy atom. The molecule has 2 amide bonds. The van der Waals surface area contributed by atoms with E-state index in [-0.39, 0.29) is 48.0 Å². The quantitative estimate of drug-likeness (QED) is 0.0698. The molecule has 0 aliphatic rings. The van der Waals surface area contributed by atoms with Crippen molar-refractivity contribution in [1.29, 1.82) is 0 Å². The van der Waals surface area contributed by atoms with Gasteiger partial charge in [-0.25, -0.2) is 14.8 Å². The number of aromatic nitrogens is 4. The molecule has 0 unspecified atom stereocenters. The lowest BCUT2D eigenvalue weighted by molar-refractivity contribution is -0.139. The Morgan fingerprint density at radius 1 is 0.957 bits per heavy atom. The molecule has 0 spiro atoms. The smallest absolute Gasteiger partial charge is 0.326 e. The number of anilines is 2. The van der Waals surface area contributed by atoms with Crippen molar-refractivity contribution in [3.05, 3.63) is 52.1 Å². The molecule has 1 atom stereocenters. The lowest BCUT2D eigenvalue weighted by Crippen LogP contribution is -2.41. The van der Waals surface area contributed by atoms with E-state index in [1.807, 2.05) is 0 Å². The summed E-state index contributed by atoms with van der Waals surface area (Å²) in [7, 11) is 0. The summed E-state index contributed by atoms with van der Waals surface area (Å²) >= 11 is 0. The van der Waals surface area contributed by atoms with Crippen molar-refractivity contribution in [1.82, 2.24) is 30.6 Å². The maximum absolute atomic E-state index is 12.7. The number of carbonyl (C=O) groups is 3. The van der Waals surface area contributed by atoms with Crippen LogP contribution in [-0.4, -0.2) is 102 Å². The van der Waals surface area contributed by atoms with Crippen LogP contribution < -0.4 is 33.0 Å². The summed E-state index contributed by atoms with van der Waals surface area (Å²) in [5.41, 5.74) is 12.0. The third-order valence-corrected chi connectivity index (χ3v) is 6.39. The second kappa shape index (κ2) is 19.6. The topological polar surface area (TPSA) is 259 Å². The number of hydrogen-bond acceptors (Lipinski definition) is 13. The summed E-state index contributed by atoms with van der Waals surface area (Å²) in [4.78, 5) is 63.3. The fourth-order valence-electron chi connectivity index (χ4n) is 3.98. The minimum atomic E-state index is -1.25. The number of ether oxygens (including phenoxy) is 3. The van der Waals surface area contributed by atoms with E-state index in [0.29, 0.717) is 70.5 Å². The maximum Gasteiger partial charge on any atom is 0.326 e. The van der Waals surface area contributed by atoms with Gasteiger partial charge in [0.25, 0.3) is 11.5 Å². The van der Waals surface area contributed by atoms with Crippen LogP contribution in [0.5, 0.6) is 0 Å². The van der Waals surface area contributed by atoms with Crippen molar-refractivity contribution >= 4 is 40.6 Å². The molecule has 0 saturated carbocycles. The van der Waals surface area contributed by atoms with Crippen LogP contribution in [0.25, 0.3) is 11.2 Å². The molecule has 1 aromatic carbocycles. The number of H-pyrrole nitrogens is 1. The number of hydrogen-bond donors (Lipinski definition) is 7. The van der Waals surface area contributed by atoms with Crippen LogP contribution in [0, 0.1) is 0 Å². The van der Waals surface area contributed by atoms with Crippen molar-refractivity contribution in [3.8, 4) is 0 Å². The summed E-state index contributed by atoms with van der Waals surface area (Å²) in [5, 5.41) is 17.9. The number of nitrogen functional groups attached to an aromatic ring is 1. The molecule has 3 aromatic rings. The highest BCUT2D eigenvalue weighted by atomic mass is 16.5. The first-order valence-electron chi connectivity index (χ1n) is 14.9. The van der Waals surface area contributed by atoms with Crippen molar-refractivity contribution in [2.75, 3.05) is 63.8 Å². The van der Waals surface area contributed by atoms with Gasteiger partial charge in [-0.3, -0.25) is 19.4 Å². The second-order valence-corrected chi connectivity index (χ2v) is 10.0. The van der Waals surface area contributed by atoms with Crippen LogP contribution in [0.1, 0.15) is 41.7 Å². The predicted molar refractivity (Wildman–Crippen MR) is 168 cm³/mol. The molecule has 0 fully saturated rings. The van der Waals surface area contributed by atoms with E-state index >= 15 is 0 Å². The molecule has 3 rings (SSSR count). The number of nitrogens with zero attached hydrogens (tertiary/aromatic N) is 3. The van der Waals surface area contributed by atoms with Crippen LogP contribution in [0.3, 0.4) is 0 Å². The van der Waals surface area contributed by atoms with Crippen LogP contribution in [0.2, 0.25) is 0 Å². The van der Waals surface area contributed by atoms with Gasteiger partial charge in [0.15, 0.2) is 11.2 Å². The number of nitrogens with two attached hydrogens (primary N) is 2. The molecular weight excluding hydrogens is 602 g/mol. The van der Waals surface area contributed by atoms with Gasteiger partial charge < -0.3 is 46.7 Å². The average molecular weight is 644 g/mol. The van der Waals surface area contributed by atoms with Crippen LogP contribution in [0.4, 0.5) is 11.6 Å². The number of carboxylic acids is 1. The third-order valence-electron chi connectivity index (χ3n) is 6.39. The Morgan fingerprint density at radius 3 is 2.30 bits per heavy atom. The van der Waals surface area contributed by atoms with Crippen molar-refractivity contribution < 1.29 is 33.7 Å². The Balaban J connectivity index is 1.31. The largest absolute Gasteiger partial charge is 0.480 e. The standard InChI is InChI=1S/C29H41N9O8/c30-9-1-11-44-13-15-46-16-14-45-12-2-10-32-23(39)8-7-22(28(42)43)36-26(40)19-3-5-20(6-4-19)33-17-21-18-34-25-24(35-21)27(41)38-29(31)37-25/h3-6,18,22,33H,1-2,7-17,30H2,(H,32,39)(H,36,40)(H,42,43)(H3,31,34,37,38,41)/t22-/m1/s1. The Labute approximate surface area is 264 Å². The Kier molecular flexibility index (Phi) is 15.3. The molecule has 0 aliphatic heterocycles. The lowest BCUT2D eigenvalue weighted by atomic mass is 10.1. The van der Waals surface area contributed by atoms with Gasteiger partial charge in [-0.15, -0.1) is 0 Å². The zero-order chi connectivity index (χ0) is 33.1. The van der Waals surface area contributed by atoms with E-state index in [9.17, 15) is 24.3 Å². The summed E-state index contributed by atoms with van der Waals surface area (Å²) in [6.45, 7) is 4.12. The van der Waals surface area contributed by atoms with E-state index in [1.165, 1.54) is 18.3 Å². The molecule has 2 heterocycles. The summed E-state index contributed by atoms with van der Waals surface area (Å²) in [6, 6.07) is 5.09. The zero-order valence-corrected chi connectivity index (χ0v) is 25.5. The number of rotatable bonds is 22. The normalized spacial score (nSPS) is 11.7. The molecule has 0 aliphatic carbocycles. The molecule has 0 radical (unpaired) electrons. The Bertz CT molecular complexity index is 1470. The lowest BCUT2D eigenvalue weighted by Gasteiger charge is -2.15. The van der Waals surface area contributed by atoms with Crippen molar-refractivity contribution in [3.63, 3.8) is 0 Å². The summed E-state index contributed by atoms with van der Waals surface area (Å²) in [6.07, 6.45) is 2.72. The number of carbonyl (C=O) groups excluding carboxylic acids is 2. The number of carboxylic acid groups (broad SMARTS) is 1. The fraction of sp³-hybridized carbons (Fsp3) is 0.483. The van der Waals surface area contributed by atoms with E-state index in [0.717, 1.165) is 6.42 Å². The highest BCUT2D eigenvalue weighted by Crippen LogP contribution is 2.12. The second-order valence-electron chi connectivity index (χ2n) is 10.0. The van der Waals surface area contributed by atoms with Crippen LogP contribution >= 0.6 is 0 Å². The van der Waals surface area contributed by atoms with Gasteiger partial charge in [-0.05, 0) is 50.1 Å². The number of amides is 2. The summed E-state index contributed by atoms with van der Waals surface area (Å²) in [5.74, 6) is -2.21. The highest BCUT2D eigenvalue weighted by Gasteiger charge is 2.21. The minimum Gasteiger partial charge on any atom is -0.480 e. The molecular formula is C29H41N9O8. The molecule has 0 saturated heterocycles. The van der Waals surface area contributed by atoms with Gasteiger partial charge >= 0.3 is 5.97 Å². The van der Waals surface area contributed by atoms with Crippen LogP contribution in [0.15, 0.2) is 35.3 Å². The number of aromatic amines is 1. The van der Waals surface area contributed by atoms with Gasteiger partial charge in [0.1, 0.15) is 6.04 Å². The first-order valence-corrected chi connectivity index (χ1v) is 14.9. The van der Waals surface area contributed by atoms with E-state index in [4.69, 9.17) is 25.7 Å². The number of aliphatic carboxylic acids is 1. The molecule has 17 heteroatoms. The number of nitrogens with one attached hydrogen (secondary N) is 4. The van der Waals surface area contributed by atoms with Gasteiger partial charge in [-0.2, -0.15) is 4.98 Å². The van der Waals surface area contributed by atoms with Gasteiger partial charge in [0.2, 0.25) is 11.9 Å². The fourth-order valence-corrected chi connectivity index (χ4v) is 3.98. The molecule has 0 bridgehead atoms. The number of benzene rings is 1. The molecule has 46 heavy (non-hydrogen) atoms. The minimum absolute atomic E-state index is 0.0506.